The summed E-state index contributed by atoms with van der Waals surface area (Å²) in [5.74, 6) is 2.45. The second-order valence-electron chi connectivity index (χ2n) is 2.58. The van der Waals surface area contributed by atoms with E-state index in [0.717, 1.165) is 0 Å². The van der Waals surface area contributed by atoms with Crippen molar-refractivity contribution in [3.8, 4) is 12.3 Å². The Morgan fingerprint density at radius 1 is 1.77 bits per heavy atom. The first kappa shape index (κ1) is 12.1. The summed E-state index contributed by atoms with van der Waals surface area (Å²) >= 11 is 0. The van der Waals surface area contributed by atoms with Gasteiger partial charge >= 0.3 is 0 Å². The Kier molecular flexibility index (Phi) is 6.20. The van der Waals surface area contributed by atoms with Gasteiger partial charge < -0.3 is 11.1 Å². The van der Waals surface area contributed by atoms with Crippen LogP contribution in [0.2, 0.25) is 0 Å². The molecule has 0 heterocycles. The Morgan fingerprint density at radius 2 is 2.38 bits per heavy atom. The van der Waals surface area contributed by atoms with E-state index in [0.29, 0.717) is 12.3 Å². The van der Waals surface area contributed by atoms with Crippen LogP contribution in [-0.4, -0.2) is 34.7 Å². The van der Waals surface area contributed by atoms with Crippen LogP contribution in [0.4, 0.5) is 0 Å². The molecule has 3 N–H and O–H groups in total. The van der Waals surface area contributed by atoms with Crippen molar-refractivity contribution in [2.45, 2.75) is 12.5 Å². The fourth-order valence-electron chi connectivity index (χ4n) is 0.669. The van der Waals surface area contributed by atoms with Gasteiger partial charge in [0.1, 0.15) is 0 Å². The van der Waals surface area contributed by atoms with Crippen molar-refractivity contribution < 1.29 is 9.00 Å². The summed E-state index contributed by atoms with van der Waals surface area (Å²) in [6.45, 7) is 0.375. The van der Waals surface area contributed by atoms with Crippen molar-refractivity contribution in [1.82, 2.24) is 5.32 Å². The molecule has 5 heteroatoms. The second-order valence-corrected chi connectivity index (χ2v) is 4.14. The van der Waals surface area contributed by atoms with Crippen molar-refractivity contribution in [2.24, 2.45) is 5.73 Å². The zero-order valence-electron chi connectivity index (χ0n) is 7.58. The maximum absolute atomic E-state index is 11.1. The number of carbonyl (C=O) groups excluding carboxylic acids is 1. The molecule has 0 saturated carbocycles. The van der Waals surface area contributed by atoms with Crippen molar-refractivity contribution >= 4 is 16.7 Å². The van der Waals surface area contributed by atoms with Gasteiger partial charge in [-0.25, -0.2) is 0 Å². The smallest absolute Gasteiger partial charge is 0.237 e. The number of rotatable bonds is 5. The largest absolute Gasteiger partial charge is 0.354 e. The number of carbonyl (C=O) groups is 1. The lowest BCUT2D eigenvalue weighted by Gasteiger charge is -2.08. The maximum atomic E-state index is 11.1. The highest BCUT2D eigenvalue weighted by atomic mass is 32.2. The Hall–Kier alpha value is -0.860. The molecule has 0 rings (SSSR count). The zero-order valence-corrected chi connectivity index (χ0v) is 8.39. The fraction of sp³-hybridized carbons (Fsp3) is 0.625. The molecule has 0 fully saturated rings. The summed E-state index contributed by atoms with van der Waals surface area (Å²) in [5, 5.41) is 2.55. The summed E-state index contributed by atoms with van der Waals surface area (Å²) in [4.78, 5) is 11.1. The van der Waals surface area contributed by atoms with Gasteiger partial charge in [-0.2, -0.15) is 0 Å². The van der Waals surface area contributed by atoms with Crippen LogP contribution in [0.1, 0.15) is 6.42 Å². The van der Waals surface area contributed by atoms with E-state index in [1.54, 1.807) is 6.26 Å². The topological polar surface area (TPSA) is 72.2 Å². The van der Waals surface area contributed by atoms with E-state index in [-0.39, 0.29) is 12.3 Å². The second kappa shape index (κ2) is 6.63. The maximum Gasteiger partial charge on any atom is 0.237 e. The Labute approximate surface area is 80.7 Å². The van der Waals surface area contributed by atoms with Gasteiger partial charge in [0.15, 0.2) is 0 Å². The van der Waals surface area contributed by atoms with Crippen LogP contribution in [-0.2, 0) is 15.6 Å². The van der Waals surface area contributed by atoms with Gasteiger partial charge in [-0.05, 0) is 0 Å². The van der Waals surface area contributed by atoms with E-state index in [9.17, 15) is 9.00 Å². The van der Waals surface area contributed by atoms with Gasteiger partial charge in [0.2, 0.25) is 5.91 Å². The summed E-state index contributed by atoms with van der Waals surface area (Å²) in [6, 6.07) is -0.657. The van der Waals surface area contributed by atoms with Crippen LogP contribution in [0.5, 0.6) is 0 Å². The average Bonchev–Trinajstić information content (AvgIpc) is 2.04. The third-order valence-corrected chi connectivity index (χ3v) is 2.14. The lowest BCUT2D eigenvalue weighted by Crippen LogP contribution is -2.41. The lowest BCUT2D eigenvalue weighted by atomic mass is 10.2. The monoisotopic (exact) mass is 202 g/mol. The van der Waals surface area contributed by atoms with Crippen LogP contribution in [0.3, 0.4) is 0 Å². The zero-order chi connectivity index (χ0) is 10.3. The van der Waals surface area contributed by atoms with Gasteiger partial charge in [-0.1, -0.05) is 0 Å². The number of hydrogen-bond donors (Lipinski definition) is 2. The third-order valence-electron chi connectivity index (χ3n) is 1.36. The van der Waals surface area contributed by atoms with Crippen LogP contribution in [0.25, 0.3) is 0 Å². The minimum absolute atomic E-state index is 0.223. The first-order valence-electron chi connectivity index (χ1n) is 3.84. The van der Waals surface area contributed by atoms with Crippen molar-refractivity contribution in [3.05, 3.63) is 0 Å². The highest BCUT2D eigenvalue weighted by Crippen LogP contribution is 1.85. The molecule has 0 spiro atoms. The van der Waals surface area contributed by atoms with E-state index in [2.05, 4.69) is 11.2 Å². The summed E-state index contributed by atoms with van der Waals surface area (Å²) < 4.78 is 10.6. The van der Waals surface area contributed by atoms with Gasteiger partial charge in [-0.3, -0.25) is 9.00 Å². The molecule has 2 unspecified atom stereocenters. The molecule has 2 atom stereocenters. The normalized spacial score (nSPS) is 14.2. The number of amides is 1. The molecule has 13 heavy (non-hydrogen) atoms. The molecular weight excluding hydrogens is 188 g/mol. The number of terminal acetylenes is 1. The highest BCUT2D eigenvalue weighted by Gasteiger charge is 2.10. The Bertz CT molecular complexity index is 235. The Balaban J connectivity index is 3.63. The number of hydrogen-bond acceptors (Lipinski definition) is 3. The average molecular weight is 202 g/mol. The standard InChI is InChI=1S/C8H14N2O2S/c1-3-4-7(9)8(11)10-5-6-13(2)12/h1,7H,4-6,9H2,2H3,(H,10,11). The fourth-order valence-corrected chi connectivity index (χ4v) is 1.06. The van der Waals surface area contributed by atoms with E-state index in [1.165, 1.54) is 0 Å². The molecule has 0 bridgehead atoms. The summed E-state index contributed by atoms with van der Waals surface area (Å²) in [5.41, 5.74) is 5.41. The van der Waals surface area contributed by atoms with Gasteiger partial charge in [0.05, 0.1) is 6.04 Å². The minimum Gasteiger partial charge on any atom is -0.354 e. The van der Waals surface area contributed by atoms with Crippen LogP contribution >= 0.6 is 0 Å². The first-order chi connectivity index (χ1) is 6.07. The summed E-state index contributed by atoms with van der Waals surface area (Å²) in [6.07, 6.45) is 6.79. The van der Waals surface area contributed by atoms with Crippen molar-refractivity contribution in [3.63, 3.8) is 0 Å². The van der Waals surface area contributed by atoms with Crippen LogP contribution < -0.4 is 11.1 Å². The molecule has 0 aromatic carbocycles. The van der Waals surface area contributed by atoms with E-state index >= 15 is 0 Å². The number of nitrogens with two attached hydrogens (primary N) is 1. The lowest BCUT2D eigenvalue weighted by molar-refractivity contribution is -0.122. The van der Waals surface area contributed by atoms with Crippen LogP contribution in [0.15, 0.2) is 0 Å². The molecule has 0 aliphatic carbocycles. The van der Waals surface area contributed by atoms with E-state index in [1.807, 2.05) is 0 Å². The summed E-state index contributed by atoms with van der Waals surface area (Å²) in [7, 11) is -0.895. The Morgan fingerprint density at radius 3 is 2.85 bits per heavy atom. The molecule has 4 nitrogen and oxygen atoms in total. The third kappa shape index (κ3) is 6.31. The highest BCUT2D eigenvalue weighted by molar-refractivity contribution is 7.84. The van der Waals surface area contributed by atoms with Crippen LogP contribution in [0, 0.1) is 12.3 Å². The predicted molar refractivity (Wildman–Crippen MR) is 53.4 cm³/mol. The molecule has 0 aliphatic heterocycles. The van der Waals surface area contributed by atoms with E-state index < -0.39 is 16.8 Å². The molecule has 0 aliphatic rings. The van der Waals surface area contributed by atoms with E-state index in [4.69, 9.17) is 12.2 Å². The molecule has 0 radical (unpaired) electrons. The predicted octanol–water partition coefficient (Wildman–Crippen LogP) is -1.17. The van der Waals surface area contributed by atoms with Crippen molar-refractivity contribution in [2.75, 3.05) is 18.6 Å². The molecule has 1 amide bonds. The SMILES string of the molecule is C#CCC(N)C(=O)NCCS(C)=O. The molecule has 0 aromatic heterocycles. The van der Waals surface area contributed by atoms with Crippen molar-refractivity contribution in [1.29, 1.82) is 0 Å². The molecule has 0 saturated heterocycles. The van der Waals surface area contributed by atoms with Gasteiger partial charge in [-0.15, -0.1) is 12.3 Å². The molecule has 74 valence electrons. The van der Waals surface area contributed by atoms with Gasteiger partial charge in [0, 0.05) is 35.8 Å². The van der Waals surface area contributed by atoms with Gasteiger partial charge in [0.25, 0.3) is 0 Å². The molecule has 0 aromatic rings. The minimum atomic E-state index is -0.895. The number of nitrogens with one attached hydrogen (secondary N) is 1. The first-order valence-corrected chi connectivity index (χ1v) is 5.57. The quantitative estimate of drug-likeness (QED) is 0.552. The molecular formula is C8H14N2O2S.